The van der Waals surface area contributed by atoms with Crippen molar-refractivity contribution in [3.05, 3.63) is 58.5 Å². The van der Waals surface area contributed by atoms with Crippen molar-refractivity contribution in [2.24, 2.45) is 7.05 Å². The summed E-state index contributed by atoms with van der Waals surface area (Å²) in [4.78, 5) is 18.3. The highest BCUT2D eigenvalue weighted by atomic mass is 19.1. The molecule has 0 amide bonds. The molecule has 0 unspecified atom stereocenters. The lowest BCUT2D eigenvalue weighted by Gasteiger charge is -2.17. The third kappa shape index (κ3) is 3.00. The third-order valence-corrected chi connectivity index (χ3v) is 4.14. The lowest BCUT2D eigenvalue weighted by atomic mass is 9.99. The number of aryl methyl sites for hydroxylation is 1. The first kappa shape index (κ1) is 17.1. The molecule has 3 rings (SSSR count). The van der Waals surface area contributed by atoms with E-state index in [1.54, 1.807) is 31.6 Å². The van der Waals surface area contributed by atoms with Crippen molar-refractivity contribution in [2.75, 3.05) is 21.2 Å². The van der Waals surface area contributed by atoms with Gasteiger partial charge in [-0.05, 0) is 25.5 Å². The smallest absolute Gasteiger partial charge is 0.259 e. The average Bonchev–Trinajstić information content (AvgIpc) is 2.58. The largest absolute Gasteiger partial charge is 0.493 e. The Bertz CT molecular complexity index is 996. The van der Waals surface area contributed by atoms with Gasteiger partial charge in [0.15, 0.2) is 11.6 Å². The summed E-state index contributed by atoms with van der Waals surface area (Å²) in [6.45, 7) is 0.568. The molecule has 130 valence electrons. The van der Waals surface area contributed by atoms with Crippen molar-refractivity contribution in [3.63, 3.8) is 0 Å². The summed E-state index contributed by atoms with van der Waals surface area (Å²) in [5.41, 5.74) is 1.63. The van der Waals surface area contributed by atoms with Gasteiger partial charge in [-0.2, -0.15) is 0 Å². The van der Waals surface area contributed by atoms with Crippen molar-refractivity contribution in [3.8, 4) is 16.9 Å². The number of fused-ring (bicyclic) bond motifs is 1. The number of methoxy groups -OCH3 is 1. The maximum absolute atomic E-state index is 15.2. The van der Waals surface area contributed by atoms with E-state index in [1.807, 2.05) is 25.1 Å². The van der Waals surface area contributed by atoms with Gasteiger partial charge < -0.3 is 14.2 Å². The SMILES string of the molecule is COc1c(CN(C)C)ccc(-c2cn(C)c(=O)c3cnccc23)c1F. The number of benzene rings is 1. The second-order valence-electron chi connectivity index (χ2n) is 6.24. The quantitative estimate of drug-likeness (QED) is 0.732. The number of halogens is 1. The van der Waals surface area contributed by atoms with Crippen LogP contribution in [-0.2, 0) is 13.6 Å². The molecule has 3 aromatic rings. The van der Waals surface area contributed by atoms with Crippen LogP contribution in [-0.4, -0.2) is 35.7 Å². The Hall–Kier alpha value is -2.73. The van der Waals surface area contributed by atoms with Crippen LogP contribution in [0.4, 0.5) is 4.39 Å². The molecule has 2 aromatic heterocycles. The number of ether oxygens (including phenoxy) is 1. The number of rotatable bonds is 4. The molecule has 0 aliphatic carbocycles. The fourth-order valence-corrected chi connectivity index (χ4v) is 3.02. The lowest BCUT2D eigenvalue weighted by Crippen LogP contribution is -2.17. The summed E-state index contributed by atoms with van der Waals surface area (Å²) in [7, 11) is 6.94. The number of nitrogens with zero attached hydrogens (tertiary/aromatic N) is 3. The minimum absolute atomic E-state index is 0.163. The Morgan fingerprint density at radius 3 is 2.64 bits per heavy atom. The van der Waals surface area contributed by atoms with Gasteiger partial charge in [0.2, 0.25) is 0 Å². The predicted octanol–water partition coefficient (Wildman–Crippen LogP) is 2.81. The van der Waals surface area contributed by atoms with E-state index in [-0.39, 0.29) is 11.3 Å². The van der Waals surface area contributed by atoms with Gasteiger partial charge in [0.1, 0.15) is 0 Å². The molecule has 0 bridgehead atoms. The zero-order chi connectivity index (χ0) is 18.1. The Balaban J connectivity index is 2.29. The lowest BCUT2D eigenvalue weighted by molar-refractivity contribution is 0.356. The standard InChI is InChI=1S/C19H20FN3O2/c1-22(2)10-12-5-6-14(17(20)18(12)25-4)16-11-23(3)19(24)15-9-21-8-7-13(15)16/h5-9,11H,10H2,1-4H3. The van der Waals surface area contributed by atoms with Crippen LogP contribution in [0.5, 0.6) is 5.75 Å². The van der Waals surface area contributed by atoms with Crippen molar-refractivity contribution in [1.82, 2.24) is 14.5 Å². The summed E-state index contributed by atoms with van der Waals surface area (Å²) in [5, 5.41) is 1.12. The minimum Gasteiger partial charge on any atom is -0.493 e. The molecule has 6 heteroatoms. The summed E-state index contributed by atoms with van der Waals surface area (Å²) in [5.74, 6) is -0.208. The second-order valence-corrected chi connectivity index (χ2v) is 6.24. The number of aromatic nitrogens is 2. The monoisotopic (exact) mass is 341 g/mol. The normalized spacial score (nSPS) is 11.3. The van der Waals surface area contributed by atoms with E-state index in [4.69, 9.17) is 4.74 Å². The van der Waals surface area contributed by atoms with E-state index in [2.05, 4.69) is 4.98 Å². The maximum Gasteiger partial charge on any atom is 0.259 e. The summed E-state index contributed by atoms with van der Waals surface area (Å²) in [6.07, 6.45) is 4.76. The van der Waals surface area contributed by atoms with Crippen LogP contribution in [0.1, 0.15) is 5.56 Å². The fraction of sp³-hybridized carbons (Fsp3) is 0.263. The van der Waals surface area contributed by atoms with Crippen LogP contribution in [0, 0.1) is 5.82 Å². The molecule has 0 aliphatic rings. The fourth-order valence-electron chi connectivity index (χ4n) is 3.02. The molecule has 2 heterocycles. The molecular formula is C19H20FN3O2. The molecule has 0 N–H and O–H groups in total. The molecule has 0 spiro atoms. The average molecular weight is 341 g/mol. The number of hydrogen-bond acceptors (Lipinski definition) is 4. The van der Waals surface area contributed by atoms with Crippen LogP contribution in [0.25, 0.3) is 21.9 Å². The van der Waals surface area contributed by atoms with E-state index in [0.717, 1.165) is 5.56 Å². The molecule has 0 saturated carbocycles. The summed E-state index contributed by atoms with van der Waals surface area (Å²) < 4.78 is 21.9. The predicted molar refractivity (Wildman–Crippen MR) is 96.3 cm³/mol. The highest BCUT2D eigenvalue weighted by Crippen LogP contribution is 2.35. The summed E-state index contributed by atoms with van der Waals surface area (Å²) in [6, 6.07) is 5.32. The van der Waals surface area contributed by atoms with Gasteiger partial charge in [-0.15, -0.1) is 0 Å². The van der Waals surface area contributed by atoms with Crippen LogP contribution in [0.3, 0.4) is 0 Å². The first-order chi connectivity index (χ1) is 11.9. The Morgan fingerprint density at radius 2 is 1.96 bits per heavy atom. The third-order valence-electron chi connectivity index (χ3n) is 4.14. The van der Waals surface area contributed by atoms with E-state index < -0.39 is 5.82 Å². The summed E-state index contributed by atoms with van der Waals surface area (Å²) >= 11 is 0. The Morgan fingerprint density at radius 1 is 1.20 bits per heavy atom. The molecule has 0 saturated heterocycles. The molecular weight excluding hydrogens is 321 g/mol. The van der Waals surface area contributed by atoms with E-state index in [0.29, 0.717) is 28.4 Å². The molecule has 0 fully saturated rings. The van der Waals surface area contributed by atoms with Crippen molar-refractivity contribution < 1.29 is 9.13 Å². The van der Waals surface area contributed by atoms with Gasteiger partial charge in [0.05, 0.1) is 12.5 Å². The minimum atomic E-state index is -0.432. The van der Waals surface area contributed by atoms with Crippen molar-refractivity contribution in [2.45, 2.75) is 6.54 Å². The highest BCUT2D eigenvalue weighted by molar-refractivity contribution is 5.95. The maximum atomic E-state index is 15.2. The second kappa shape index (κ2) is 6.64. The van der Waals surface area contributed by atoms with Gasteiger partial charge in [-0.3, -0.25) is 9.78 Å². The van der Waals surface area contributed by atoms with Crippen LogP contribution < -0.4 is 10.3 Å². The van der Waals surface area contributed by atoms with E-state index >= 15 is 4.39 Å². The van der Waals surface area contributed by atoms with Gasteiger partial charge in [-0.25, -0.2) is 4.39 Å². The van der Waals surface area contributed by atoms with Crippen LogP contribution >= 0.6 is 0 Å². The molecule has 1 aromatic carbocycles. The van der Waals surface area contributed by atoms with Gasteiger partial charge in [0.25, 0.3) is 5.56 Å². The van der Waals surface area contributed by atoms with Gasteiger partial charge in [-0.1, -0.05) is 12.1 Å². The molecule has 0 aliphatic heterocycles. The zero-order valence-electron chi connectivity index (χ0n) is 14.7. The molecule has 5 nitrogen and oxygen atoms in total. The van der Waals surface area contributed by atoms with Gasteiger partial charge in [0, 0.05) is 48.9 Å². The zero-order valence-corrected chi connectivity index (χ0v) is 14.7. The van der Waals surface area contributed by atoms with Crippen LogP contribution in [0.2, 0.25) is 0 Å². The Kier molecular flexibility index (Phi) is 4.55. The molecule has 25 heavy (non-hydrogen) atoms. The van der Waals surface area contributed by atoms with Crippen molar-refractivity contribution in [1.29, 1.82) is 0 Å². The van der Waals surface area contributed by atoms with Crippen LogP contribution in [0.15, 0.2) is 41.6 Å². The molecule has 0 atom stereocenters. The molecule has 0 radical (unpaired) electrons. The highest BCUT2D eigenvalue weighted by Gasteiger charge is 2.18. The van der Waals surface area contributed by atoms with Crippen molar-refractivity contribution >= 4 is 10.8 Å². The first-order valence-corrected chi connectivity index (χ1v) is 7.88. The van der Waals surface area contributed by atoms with E-state index in [9.17, 15) is 4.79 Å². The first-order valence-electron chi connectivity index (χ1n) is 7.88. The topological polar surface area (TPSA) is 47.4 Å². The Labute approximate surface area is 145 Å². The van der Waals surface area contributed by atoms with Gasteiger partial charge >= 0.3 is 0 Å². The number of pyridine rings is 2. The van der Waals surface area contributed by atoms with E-state index in [1.165, 1.54) is 17.9 Å². The number of hydrogen-bond donors (Lipinski definition) is 0.